The first-order valence-corrected chi connectivity index (χ1v) is 10.3. The Labute approximate surface area is 173 Å². The number of rotatable bonds is 2. The number of hydrogen-bond acceptors (Lipinski definition) is 4. The van der Waals surface area contributed by atoms with Gasteiger partial charge in [0.25, 0.3) is 5.91 Å². The van der Waals surface area contributed by atoms with Crippen LogP contribution in [0.15, 0.2) is 63.8 Å². The van der Waals surface area contributed by atoms with E-state index in [0.717, 1.165) is 18.2 Å². The van der Waals surface area contributed by atoms with Crippen molar-refractivity contribution in [3.63, 3.8) is 0 Å². The Kier molecular flexibility index (Phi) is 4.42. The van der Waals surface area contributed by atoms with Gasteiger partial charge < -0.3 is 14.6 Å². The van der Waals surface area contributed by atoms with Gasteiger partial charge in [-0.3, -0.25) is 9.59 Å². The molecule has 0 atom stereocenters. The lowest BCUT2D eigenvalue weighted by Crippen LogP contribution is -2.65. The molecule has 152 valence electrons. The molecule has 1 saturated heterocycles. The minimum Gasteiger partial charge on any atom is -0.422 e. The maximum absolute atomic E-state index is 13.4. The third kappa shape index (κ3) is 2.91. The van der Waals surface area contributed by atoms with Crippen molar-refractivity contribution in [2.45, 2.75) is 31.2 Å². The Morgan fingerprint density at radius 2 is 1.80 bits per heavy atom. The Bertz CT molecular complexity index is 1210. The molecular formula is C24H22N2O4. The van der Waals surface area contributed by atoms with E-state index >= 15 is 0 Å². The predicted molar refractivity (Wildman–Crippen MR) is 113 cm³/mol. The van der Waals surface area contributed by atoms with Gasteiger partial charge in [0.1, 0.15) is 11.1 Å². The number of amides is 2. The van der Waals surface area contributed by atoms with E-state index in [0.29, 0.717) is 48.2 Å². The summed E-state index contributed by atoms with van der Waals surface area (Å²) < 4.78 is 5.45. The summed E-state index contributed by atoms with van der Waals surface area (Å²) in [7, 11) is 0. The molecule has 2 heterocycles. The fourth-order valence-corrected chi connectivity index (χ4v) is 4.77. The van der Waals surface area contributed by atoms with Crippen LogP contribution in [0, 0.1) is 0 Å². The number of carbonyl (C=O) groups is 2. The number of carbonyl (C=O) groups excluding carboxylic acids is 2. The van der Waals surface area contributed by atoms with Gasteiger partial charge in [-0.15, -0.1) is 0 Å². The van der Waals surface area contributed by atoms with Crippen molar-refractivity contribution in [2.75, 3.05) is 13.1 Å². The molecule has 1 saturated carbocycles. The Morgan fingerprint density at radius 1 is 1.00 bits per heavy atom. The second-order valence-corrected chi connectivity index (χ2v) is 8.02. The largest absolute Gasteiger partial charge is 0.422 e. The van der Waals surface area contributed by atoms with Crippen molar-refractivity contribution >= 4 is 22.8 Å². The van der Waals surface area contributed by atoms with Gasteiger partial charge >= 0.3 is 5.63 Å². The highest BCUT2D eigenvalue weighted by atomic mass is 16.4. The van der Waals surface area contributed by atoms with Crippen molar-refractivity contribution in [1.82, 2.24) is 10.2 Å². The third-order valence-electron chi connectivity index (χ3n) is 6.30. The van der Waals surface area contributed by atoms with Crippen LogP contribution in [0.5, 0.6) is 0 Å². The molecule has 30 heavy (non-hydrogen) atoms. The van der Waals surface area contributed by atoms with Crippen LogP contribution in [0.3, 0.4) is 0 Å². The number of fused-ring (bicyclic) bond motifs is 1. The van der Waals surface area contributed by atoms with E-state index in [1.54, 1.807) is 41.3 Å². The standard InChI is InChI=1S/C24H22N2O4/c27-21(26-13-12-25-23(29)24(26)10-3-4-11-24)18-8-5-7-16(14-18)19-15-17-6-1-2-9-20(17)30-22(19)28/h1-2,5-9,14-15H,3-4,10-13H2,(H,25,29). The molecule has 1 aliphatic carbocycles. The maximum Gasteiger partial charge on any atom is 0.344 e. The van der Waals surface area contributed by atoms with E-state index in [9.17, 15) is 14.4 Å². The van der Waals surface area contributed by atoms with Gasteiger partial charge in [-0.2, -0.15) is 0 Å². The van der Waals surface area contributed by atoms with Crippen LogP contribution < -0.4 is 10.9 Å². The molecule has 6 heteroatoms. The number of hydrogen-bond donors (Lipinski definition) is 1. The lowest BCUT2D eigenvalue weighted by molar-refractivity contribution is -0.134. The lowest BCUT2D eigenvalue weighted by atomic mass is 9.90. The number of nitrogens with zero attached hydrogens (tertiary/aromatic N) is 1. The minimum atomic E-state index is -0.743. The van der Waals surface area contributed by atoms with Crippen molar-refractivity contribution in [1.29, 1.82) is 0 Å². The summed E-state index contributed by atoms with van der Waals surface area (Å²) in [6, 6.07) is 16.1. The van der Waals surface area contributed by atoms with E-state index in [1.807, 2.05) is 18.2 Å². The molecular weight excluding hydrogens is 380 g/mol. The average Bonchev–Trinajstić information content (AvgIpc) is 3.25. The van der Waals surface area contributed by atoms with Crippen LogP contribution in [0.1, 0.15) is 36.0 Å². The van der Waals surface area contributed by atoms with Crippen molar-refractivity contribution < 1.29 is 14.0 Å². The van der Waals surface area contributed by atoms with Gasteiger partial charge in [-0.25, -0.2) is 4.79 Å². The first-order chi connectivity index (χ1) is 14.6. The van der Waals surface area contributed by atoms with E-state index < -0.39 is 11.2 Å². The molecule has 1 N–H and O–H groups in total. The molecule has 1 aromatic heterocycles. The summed E-state index contributed by atoms with van der Waals surface area (Å²) in [6.45, 7) is 0.952. The number of piperazine rings is 1. The molecule has 0 bridgehead atoms. The molecule has 3 aromatic rings. The highest BCUT2D eigenvalue weighted by molar-refractivity contribution is 6.01. The summed E-state index contributed by atoms with van der Waals surface area (Å²) >= 11 is 0. The fourth-order valence-electron chi connectivity index (χ4n) is 4.77. The summed E-state index contributed by atoms with van der Waals surface area (Å²) in [6.07, 6.45) is 3.27. The van der Waals surface area contributed by atoms with Crippen LogP contribution >= 0.6 is 0 Å². The van der Waals surface area contributed by atoms with Gasteiger partial charge in [0.2, 0.25) is 5.91 Å². The predicted octanol–water partition coefficient (Wildman–Crippen LogP) is 3.34. The third-order valence-corrected chi connectivity index (χ3v) is 6.30. The zero-order valence-electron chi connectivity index (χ0n) is 16.5. The molecule has 2 fully saturated rings. The Balaban J connectivity index is 1.54. The molecule has 6 nitrogen and oxygen atoms in total. The zero-order valence-corrected chi connectivity index (χ0v) is 16.5. The van der Waals surface area contributed by atoms with Crippen molar-refractivity contribution in [2.24, 2.45) is 0 Å². The number of benzene rings is 2. The molecule has 5 rings (SSSR count). The van der Waals surface area contributed by atoms with Crippen LogP contribution in [0.25, 0.3) is 22.1 Å². The number of nitrogens with one attached hydrogen (secondary N) is 1. The van der Waals surface area contributed by atoms with Crippen LogP contribution in [0.2, 0.25) is 0 Å². The summed E-state index contributed by atoms with van der Waals surface area (Å²) in [5.41, 5.74) is 0.857. The summed E-state index contributed by atoms with van der Waals surface area (Å²) in [4.78, 5) is 40.4. The molecule has 2 aliphatic rings. The quantitative estimate of drug-likeness (QED) is 0.667. The van der Waals surface area contributed by atoms with Crippen molar-refractivity contribution in [3.05, 3.63) is 70.6 Å². The van der Waals surface area contributed by atoms with Gasteiger partial charge in [-0.05, 0) is 42.7 Å². The molecule has 0 radical (unpaired) electrons. The average molecular weight is 402 g/mol. The van der Waals surface area contributed by atoms with Gasteiger partial charge in [0.05, 0.1) is 5.56 Å². The SMILES string of the molecule is O=C(c1cccc(-c2cc3ccccc3oc2=O)c1)N1CCNC(=O)C12CCCC2. The first kappa shape index (κ1) is 18.6. The van der Waals surface area contributed by atoms with Gasteiger partial charge in [0, 0.05) is 24.0 Å². The monoisotopic (exact) mass is 402 g/mol. The molecule has 0 unspecified atom stereocenters. The van der Waals surface area contributed by atoms with E-state index in [1.165, 1.54) is 0 Å². The highest BCUT2D eigenvalue weighted by Gasteiger charge is 2.50. The molecule has 2 amide bonds. The lowest BCUT2D eigenvalue weighted by Gasteiger charge is -2.43. The minimum absolute atomic E-state index is 0.0501. The Morgan fingerprint density at radius 3 is 2.63 bits per heavy atom. The van der Waals surface area contributed by atoms with Crippen LogP contribution in [-0.4, -0.2) is 35.3 Å². The van der Waals surface area contributed by atoms with Crippen LogP contribution in [0.4, 0.5) is 0 Å². The normalized spacial score (nSPS) is 18.0. The first-order valence-electron chi connectivity index (χ1n) is 10.3. The topological polar surface area (TPSA) is 79.6 Å². The summed E-state index contributed by atoms with van der Waals surface area (Å²) in [5, 5.41) is 3.75. The highest BCUT2D eigenvalue weighted by Crippen LogP contribution is 2.38. The second kappa shape index (κ2) is 7.13. The van der Waals surface area contributed by atoms with E-state index in [-0.39, 0.29) is 11.8 Å². The van der Waals surface area contributed by atoms with Crippen molar-refractivity contribution in [3.8, 4) is 11.1 Å². The summed E-state index contributed by atoms with van der Waals surface area (Å²) in [5.74, 6) is -0.218. The Hall–Kier alpha value is -3.41. The van der Waals surface area contributed by atoms with Crippen LogP contribution in [-0.2, 0) is 4.79 Å². The fraction of sp³-hybridized carbons (Fsp3) is 0.292. The van der Waals surface area contributed by atoms with E-state index in [4.69, 9.17) is 4.42 Å². The molecule has 1 spiro atoms. The van der Waals surface area contributed by atoms with Gasteiger partial charge in [0.15, 0.2) is 0 Å². The zero-order chi connectivity index (χ0) is 20.7. The second-order valence-electron chi connectivity index (χ2n) is 8.02. The smallest absolute Gasteiger partial charge is 0.344 e. The molecule has 1 aliphatic heterocycles. The van der Waals surface area contributed by atoms with E-state index in [2.05, 4.69) is 5.32 Å². The molecule has 2 aromatic carbocycles. The van der Waals surface area contributed by atoms with Gasteiger partial charge in [-0.1, -0.05) is 43.2 Å². The number of para-hydroxylation sites is 1. The maximum atomic E-state index is 13.4.